The molecule has 0 aliphatic carbocycles. The molecule has 0 fully saturated rings. The normalized spacial score (nSPS) is 12.4. The van der Waals surface area contributed by atoms with Crippen LogP contribution in [0.4, 0.5) is 0 Å². The Morgan fingerprint density at radius 1 is 0.233 bits per heavy atom. The fourth-order valence-corrected chi connectivity index (χ4v) is 6.78. The fourth-order valence-electron chi connectivity index (χ4n) is 6.78. The third-order valence-electron chi connectivity index (χ3n) is 10.2. The fraction of sp³-hybridized carbons (Fsp3) is 0.222. The van der Waals surface area contributed by atoms with E-state index in [9.17, 15) is 0 Å². The van der Waals surface area contributed by atoms with E-state index in [1.54, 1.807) is 0 Å². The number of fused-ring (bicyclic) bond motifs is 6. The SMILES string of the molecule is [C-]#[N+]Cc1ccc2c(c1)OCO2.[C-]#[N+]Cc1ccc2c(c1)OCO2.[C-]#[N+]Cc1ccc2c(c1)OCO2.[C-]#[N+]Cc1ccc2c(c1)OCO2.[C-]#[N+]Cc1ccc2c(c1)OCO2.[C-]#[N+]Cc1ccc2c(c1)OCO2.[Tc+6]. The molecule has 0 amide bonds. The molecule has 19 heteroatoms. The van der Waals surface area contributed by atoms with E-state index in [-0.39, 0.29) is 60.9 Å². The predicted molar refractivity (Wildman–Crippen MR) is 257 cm³/mol. The van der Waals surface area contributed by atoms with Crippen LogP contribution >= 0.6 is 0 Å². The summed E-state index contributed by atoms with van der Waals surface area (Å²) in [7, 11) is 0. The van der Waals surface area contributed by atoms with Gasteiger partial charge in [-0.05, 0) is 109 Å². The molecule has 0 spiro atoms. The van der Waals surface area contributed by atoms with Crippen molar-refractivity contribution in [2.24, 2.45) is 0 Å². The molecule has 361 valence electrons. The van der Waals surface area contributed by atoms with Crippen LogP contribution in [-0.4, -0.2) is 40.8 Å². The summed E-state index contributed by atoms with van der Waals surface area (Å²) in [4.78, 5) is 19.7. The van der Waals surface area contributed by atoms with Crippen LogP contribution in [0.25, 0.3) is 29.1 Å². The number of nitrogens with zero attached hydrogens (tertiary/aromatic N) is 6. The maximum atomic E-state index is 6.69. The first-order valence-electron chi connectivity index (χ1n) is 21.7. The van der Waals surface area contributed by atoms with Crippen LogP contribution in [-0.2, 0) is 59.4 Å². The molecule has 73 heavy (non-hydrogen) atoms. The summed E-state index contributed by atoms with van der Waals surface area (Å²) in [5.41, 5.74) is 5.80. The van der Waals surface area contributed by atoms with Crippen LogP contribution in [0, 0.1) is 39.4 Å². The van der Waals surface area contributed by atoms with Crippen molar-refractivity contribution in [2.75, 3.05) is 40.8 Å². The molecule has 6 aliphatic heterocycles. The Labute approximate surface area is 435 Å². The van der Waals surface area contributed by atoms with Gasteiger partial charge in [0.2, 0.25) is 80.0 Å². The molecule has 6 aliphatic rings. The van der Waals surface area contributed by atoms with Crippen LogP contribution in [0.15, 0.2) is 109 Å². The Morgan fingerprint density at radius 2 is 0.370 bits per heavy atom. The van der Waals surface area contributed by atoms with Gasteiger partial charge >= 0.3 is 20.1 Å². The van der Waals surface area contributed by atoms with Crippen LogP contribution in [0.3, 0.4) is 0 Å². The van der Waals surface area contributed by atoms with Crippen molar-refractivity contribution < 1.29 is 76.9 Å². The first kappa shape index (κ1) is 52.9. The van der Waals surface area contributed by atoms with Gasteiger partial charge in [-0.15, -0.1) is 0 Å². The molecular formula is C54H42N6O12Tc+6. The van der Waals surface area contributed by atoms with Gasteiger partial charge in [-0.2, -0.15) is 0 Å². The summed E-state index contributed by atoms with van der Waals surface area (Å²) in [5.74, 6) is 9.08. The second-order valence-electron chi connectivity index (χ2n) is 15.0. The molecule has 0 atom stereocenters. The maximum absolute atomic E-state index is 6.69. The van der Waals surface area contributed by atoms with Crippen LogP contribution < -0.4 is 56.8 Å². The minimum absolute atomic E-state index is 0. The van der Waals surface area contributed by atoms with Crippen molar-refractivity contribution in [2.45, 2.75) is 39.3 Å². The van der Waals surface area contributed by atoms with Gasteiger partial charge in [-0.25, -0.2) is 39.4 Å². The van der Waals surface area contributed by atoms with E-state index in [0.29, 0.717) is 39.3 Å². The summed E-state index contributed by atoms with van der Waals surface area (Å²) < 4.78 is 61.8. The Kier molecular flexibility index (Phi) is 20.0. The number of hydrogen-bond donors (Lipinski definition) is 0. The zero-order valence-electron chi connectivity index (χ0n) is 38.8. The number of rotatable bonds is 6. The van der Waals surface area contributed by atoms with Crippen LogP contribution in [0.5, 0.6) is 69.0 Å². The zero-order chi connectivity index (χ0) is 50.3. The van der Waals surface area contributed by atoms with E-state index in [4.69, 9.17) is 96.3 Å². The van der Waals surface area contributed by atoms with Gasteiger partial charge in [0.1, 0.15) is 0 Å². The second kappa shape index (κ2) is 27.6. The molecule has 6 aromatic rings. The van der Waals surface area contributed by atoms with Crippen molar-refractivity contribution in [3.8, 4) is 69.0 Å². The minimum Gasteiger partial charge on any atom is -0.454 e. The topological polar surface area (TPSA) is 137 Å². The zero-order valence-corrected chi connectivity index (χ0v) is 40.7. The van der Waals surface area contributed by atoms with Crippen molar-refractivity contribution in [1.82, 2.24) is 0 Å². The molecule has 18 nitrogen and oxygen atoms in total. The van der Waals surface area contributed by atoms with Crippen LogP contribution in [0.1, 0.15) is 33.4 Å². The van der Waals surface area contributed by atoms with Crippen LogP contribution in [0.2, 0.25) is 0 Å². The van der Waals surface area contributed by atoms with E-state index in [1.807, 2.05) is 109 Å². The van der Waals surface area contributed by atoms with E-state index in [1.165, 1.54) is 0 Å². The summed E-state index contributed by atoms with van der Waals surface area (Å²) in [6.45, 7) is 44.3. The van der Waals surface area contributed by atoms with E-state index >= 15 is 0 Å². The molecule has 0 bridgehead atoms. The largest absolute Gasteiger partial charge is 6.00 e. The molecule has 0 saturated heterocycles. The molecule has 0 saturated carbocycles. The van der Waals surface area contributed by atoms with Gasteiger partial charge in [0.05, 0.1) is 0 Å². The average Bonchev–Trinajstić information content (AvgIpc) is 4.27. The second-order valence-corrected chi connectivity index (χ2v) is 15.0. The Morgan fingerprint density at radius 3 is 0.507 bits per heavy atom. The molecular weight excluding hydrogens is 1020 g/mol. The molecule has 0 N–H and O–H groups in total. The summed E-state index contributed by atoms with van der Waals surface area (Å²) in [6.07, 6.45) is 0. The third kappa shape index (κ3) is 15.2. The van der Waals surface area contributed by atoms with Crippen molar-refractivity contribution >= 4 is 0 Å². The van der Waals surface area contributed by atoms with Gasteiger partial charge in [-0.3, -0.25) is 0 Å². The maximum Gasteiger partial charge on any atom is 6.00 e. The van der Waals surface area contributed by atoms with E-state index in [0.717, 1.165) is 102 Å². The predicted octanol–water partition coefficient (Wildman–Crippen LogP) is 11.0. The number of benzene rings is 6. The summed E-state index contributed by atoms with van der Waals surface area (Å²) in [5, 5.41) is 0. The minimum atomic E-state index is 0. The van der Waals surface area contributed by atoms with Crippen molar-refractivity contribution in [3.63, 3.8) is 0 Å². The Hall–Kier alpha value is -9.49. The number of hydrogen-bond acceptors (Lipinski definition) is 12. The van der Waals surface area contributed by atoms with Gasteiger partial charge in [0.15, 0.2) is 69.0 Å². The molecule has 6 aromatic carbocycles. The quantitative estimate of drug-likeness (QED) is 0.147. The monoisotopic (exact) mass is 1060 g/mol. The van der Waals surface area contributed by atoms with Crippen molar-refractivity contribution in [1.29, 1.82) is 0 Å². The molecule has 0 unspecified atom stereocenters. The first-order chi connectivity index (χ1) is 35.4. The standard InChI is InChI=1S/6C9H7NO2.Tc/c6*1-10-5-7-2-3-8-9(4-7)12-6-11-8;/h6*2-4H,5-6H2;/q;;;;;;+6. The van der Waals surface area contributed by atoms with E-state index in [2.05, 4.69) is 29.1 Å². The van der Waals surface area contributed by atoms with Gasteiger partial charge < -0.3 is 85.9 Å². The third-order valence-corrected chi connectivity index (χ3v) is 10.2. The van der Waals surface area contributed by atoms with Crippen molar-refractivity contribution in [3.05, 3.63) is 211 Å². The molecule has 12 rings (SSSR count). The average molecular weight is 1060 g/mol. The summed E-state index contributed by atoms with van der Waals surface area (Å²) in [6, 6.07) is 33.4. The number of ether oxygens (including phenoxy) is 12. The smallest absolute Gasteiger partial charge is 0.454 e. The Bertz CT molecular complexity index is 2590. The van der Waals surface area contributed by atoms with Gasteiger partial charge in [-0.1, -0.05) is 0 Å². The Balaban J connectivity index is 0.000000142. The van der Waals surface area contributed by atoms with E-state index < -0.39 is 0 Å². The molecule has 0 aromatic heterocycles. The summed E-state index contributed by atoms with van der Waals surface area (Å²) >= 11 is 0. The van der Waals surface area contributed by atoms with Gasteiger partial charge in [0, 0.05) is 33.4 Å². The first-order valence-corrected chi connectivity index (χ1v) is 21.7. The van der Waals surface area contributed by atoms with Gasteiger partial charge in [0.25, 0.3) is 0 Å². The molecule has 6 heterocycles. The molecule has 1 radical (unpaired) electrons.